The normalized spacial score (nSPS) is 12.0. The van der Waals surface area contributed by atoms with Crippen molar-refractivity contribution in [3.05, 3.63) is 28.5 Å². The van der Waals surface area contributed by atoms with E-state index in [1.165, 1.54) is 6.07 Å². The van der Waals surface area contributed by atoms with Crippen molar-refractivity contribution in [2.75, 3.05) is 6.61 Å². The van der Waals surface area contributed by atoms with E-state index in [4.69, 9.17) is 20.8 Å². The molecule has 0 aliphatic carbocycles. The maximum Gasteiger partial charge on any atom is 0.313 e. The first-order valence-corrected chi connectivity index (χ1v) is 9.56. The van der Waals surface area contributed by atoms with E-state index in [1.54, 1.807) is 6.92 Å². The van der Waals surface area contributed by atoms with Crippen LogP contribution in [0.3, 0.4) is 0 Å². The van der Waals surface area contributed by atoms with Gasteiger partial charge in [0.25, 0.3) is 0 Å². The van der Waals surface area contributed by atoms with E-state index in [0.29, 0.717) is 5.92 Å². The lowest BCUT2D eigenvalue weighted by molar-refractivity contribution is -0.141. The Kier molecular flexibility index (Phi) is 7.42. The second-order valence-corrected chi connectivity index (χ2v) is 9.35. The van der Waals surface area contributed by atoms with Gasteiger partial charge in [0.2, 0.25) is 9.76 Å². The van der Waals surface area contributed by atoms with E-state index in [1.807, 2.05) is 0 Å². The van der Waals surface area contributed by atoms with E-state index in [-0.39, 0.29) is 28.0 Å². The number of Topliss-reactive ketones (excluding diaryl/α,β-unsaturated/α-hetero) is 1. The summed E-state index contributed by atoms with van der Waals surface area (Å²) in [5, 5.41) is -0.0661. The number of ether oxygens (including phenoxy) is 1. The monoisotopic (exact) mass is 374 g/mol. The van der Waals surface area contributed by atoms with E-state index >= 15 is 0 Å². The molecule has 0 heterocycles. The summed E-state index contributed by atoms with van der Waals surface area (Å²) in [6, 6.07) is 2.55. The molecule has 0 atom stereocenters. The number of hydrogen-bond acceptors (Lipinski definition) is 4. The van der Waals surface area contributed by atoms with Gasteiger partial charge in [-0.25, -0.2) is 4.39 Å². The van der Waals surface area contributed by atoms with Gasteiger partial charge in [0.15, 0.2) is 5.78 Å². The minimum absolute atomic E-state index is 0.0207. The van der Waals surface area contributed by atoms with Crippen LogP contribution in [0.15, 0.2) is 12.1 Å². The van der Waals surface area contributed by atoms with Gasteiger partial charge in [-0.1, -0.05) is 39.3 Å². The Morgan fingerprint density at radius 1 is 1.33 bits per heavy atom. The molecule has 0 amide bonds. The zero-order valence-corrected chi connectivity index (χ0v) is 16.9. The maximum absolute atomic E-state index is 14.0. The van der Waals surface area contributed by atoms with Crippen LogP contribution in [-0.2, 0) is 9.53 Å². The van der Waals surface area contributed by atoms with Gasteiger partial charge in [0, 0.05) is 0 Å². The van der Waals surface area contributed by atoms with Crippen LogP contribution in [0.25, 0.3) is 0 Å². The number of carbonyl (C=O) groups excluding carboxylic acids is 2. The first-order valence-electron chi connectivity index (χ1n) is 7.89. The molecule has 1 aromatic rings. The van der Waals surface area contributed by atoms with Gasteiger partial charge in [-0.15, -0.1) is 0 Å². The molecule has 0 aliphatic heterocycles. The molecule has 0 aromatic heterocycles. The predicted molar refractivity (Wildman–Crippen MR) is 95.0 cm³/mol. The Labute approximate surface area is 149 Å². The summed E-state index contributed by atoms with van der Waals surface area (Å²) >= 11 is 6.16. The number of esters is 1. The van der Waals surface area contributed by atoms with Crippen LogP contribution in [0.2, 0.25) is 10.1 Å². The third-order valence-corrected chi connectivity index (χ3v) is 6.50. The highest BCUT2D eigenvalue weighted by Crippen LogP contribution is 2.36. The van der Waals surface area contributed by atoms with Crippen molar-refractivity contribution in [1.29, 1.82) is 0 Å². The lowest BCUT2D eigenvalue weighted by Crippen LogP contribution is -2.24. The quantitative estimate of drug-likeness (QED) is 0.299. The highest BCUT2D eigenvalue weighted by atomic mass is 35.5. The summed E-state index contributed by atoms with van der Waals surface area (Å²) in [5.74, 6) is -1.49. The molecule has 0 aliphatic rings. The molecule has 0 saturated carbocycles. The van der Waals surface area contributed by atoms with Gasteiger partial charge < -0.3 is 9.16 Å². The Morgan fingerprint density at radius 3 is 2.50 bits per heavy atom. The largest absolute Gasteiger partial charge is 0.548 e. The predicted octanol–water partition coefficient (Wildman–Crippen LogP) is 3.93. The molecule has 0 saturated heterocycles. The Morgan fingerprint density at radius 2 is 1.96 bits per heavy atom. The highest BCUT2D eigenvalue weighted by molar-refractivity contribution is 6.37. The van der Waals surface area contributed by atoms with Crippen molar-refractivity contribution in [1.82, 2.24) is 0 Å². The topological polar surface area (TPSA) is 52.6 Å². The van der Waals surface area contributed by atoms with E-state index < -0.39 is 33.8 Å². The van der Waals surface area contributed by atoms with Crippen LogP contribution < -0.4 is 4.43 Å². The summed E-state index contributed by atoms with van der Waals surface area (Å²) in [5.41, 5.74) is -0.321. The molecule has 0 unspecified atom stereocenters. The number of halogens is 2. The number of benzene rings is 1. The Hall–Kier alpha value is -1.40. The second kappa shape index (κ2) is 8.62. The summed E-state index contributed by atoms with van der Waals surface area (Å²) < 4.78 is 24.6. The number of hydrogen-bond donors (Lipinski definition) is 0. The fourth-order valence-electron chi connectivity index (χ4n) is 1.76. The first kappa shape index (κ1) is 20.6. The molecule has 1 rings (SSSR count). The second-order valence-electron chi connectivity index (χ2n) is 6.57. The fourth-order valence-corrected chi connectivity index (χ4v) is 3.27. The summed E-state index contributed by atoms with van der Waals surface area (Å²) in [6.07, 6.45) is -0.553. The van der Waals surface area contributed by atoms with Crippen molar-refractivity contribution in [2.45, 2.75) is 46.1 Å². The summed E-state index contributed by atoms with van der Waals surface area (Å²) in [7, 11) is -1.02. The van der Waals surface area contributed by atoms with Crippen molar-refractivity contribution in [3.8, 4) is 5.75 Å². The van der Waals surface area contributed by atoms with Gasteiger partial charge >= 0.3 is 5.97 Å². The van der Waals surface area contributed by atoms with Gasteiger partial charge in [0.05, 0.1) is 17.2 Å². The minimum Gasteiger partial charge on any atom is -0.548 e. The van der Waals surface area contributed by atoms with Crippen LogP contribution in [0.5, 0.6) is 5.75 Å². The zero-order valence-electron chi connectivity index (χ0n) is 14.7. The van der Waals surface area contributed by atoms with E-state index in [2.05, 4.69) is 27.7 Å². The van der Waals surface area contributed by atoms with E-state index in [0.717, 1.165) is 6.07 Å². The fraction of sp³-hybridized carbons (Fsp3) is 0.529. The first-order chi connectivity index (χ1) is 11.1. The molecule has 24 heavy (non-hydrogen) atoms. The van der Waals surface area contributed by atoms with Crippen LogP contribution in [0, 0.1) is 11.7 Å². The Balaban J connectivity index is 2.99. The molecule has 7 heteroatoms. The lowest BCUT2D eigenvalue weighted by Gasteiger charge is -2.28. The van der Waals surface area contributed by atoms with Crippen molar-refractivity contribution in [2.24, 2.45) is 5.92 Å². The number of rotatable bonds is 8. The molecule has 4 nitrogen and oxygen atoms in total. The zero-order chi connectivity index (χ0) is 18.5. The summed E-state index contributed by atoms with van der Waals surface area (Å²) in [4.78, 5) is 23.6. The summed E-state index contributed by atoms with van der Waals surface area (Å²) in [6.45, 7) is 10.2. The molecule has 134 valence electrons. The SMILES string of the molecule is CCOC(=O)CC(=O)c1c(F)ccc(O[SiH2]C(C)(C)C(C)C)c1Cl. The maximum atomic E-state index is 14.0. The van der Waals surface area contributed by atoms with Gasteiger partial charge in [0.1, 0.15) is 18.0 Å². The van der Waals surface area contributed by atoms with Crippen LogP contribution in [0.1, 0.15) is 51.4 Å². The van der Waals surface area contributed by atoms with Crippen LogP contribution in [0.4, 0.5) is 4.39 Å². The van der Waals surface area contributed by atoms with Crippen LogP contribution >= 0.6 is 11.6 Å². The molecular weight excluding hydrogens is 351 g/mol. The van der Waals surface area contributed by atoms with E-state index in [9.17, 15) is 14.0 Å². The molecule has 0 spiro atoms. The third kappa shape index (κ3) is 5.31. The standard InChI is InChI=1S/C17H24ClFO4Si/c1-6-22-14(21)9-12(20)15-11(19)7-8-13(16(15)18)23-24-17(4,5)10(2)3/h7-8,10H,6,9,24H2,1-5H3. The van der Waals surface area contributed by atoms with Gasteiger partial charge in [-0.05, 0) is 30.0 Å². The van der Waals surface area contributed by atoms with Crippen molar-refractivity contribution in [3.63, 3.8) is 0 Å². The van der Waals surface area contributed by atoms with Gasteiger partial charge in [-0.3, -0.25) is 9.59 Å². The van der Waals surface area contributed by atoms with Crippen molar-refractivity contribution >= 4 is 33.1 Å². The van der Waals surface area contributed by atoms with Gasteiger partial charge in [-0.2, -0.15) is 0 Å². The molecule has 0 N–H and O–H groups in total. The third-order valence-electron chi connectivity index (χ3n) is 4.11. The minimum atomic E-state index is -1.02. The molecule has 1 aromatic carbocycles. The Bertz CT molecular complexity index is 617. The smallest absolute Gasteiger partial charge is 0.313 e. The van der Waals surface area contributed by atoms with Crippen molar-refractivity contribution < 1.29 is 23.1 Å². The molecule has 0 bridgehead atoms. The number of carbonyl (C=O) groups is 2. The van der Waals surface area contributed by atoms with Crippen LogP contribution in [-0.4, -0.2) is 28.1 Å². The average Bonchev–Trinajstić information content (AvgIpc) is 2.46. The molecule has 0 radical (unpaired) electrons. The molecule has 0 fully saturated rings. The highest BCUT2D eigenvalue weighted by Gasteiger charge is 2.27. The number of ketones is 1. The average molecular weight is 375 g/mol. The lowest BCUT2D eigenvalue weighted by atomic mass is 9.99. The molecular formula is C17H24ClFO4Si.